The molecule has 0 radical (unpaired) electrons. The van der Waals surface area contributed by atoms with Crippen LogP contribution in [0.15, 0.2) is 23.8 Å². The van der Waals surface area contributed by atoms with Gasteiger partial charge in [-0.15, -0.1) is 0 Å². The number of hydrogen-bond acceptors (Lipinski definition) is 2. The Morgan fingerprint density at radius 2 is 2.09 bits per heavy atom. The van der Waals surface area contributed by atoms with Crippen LogP contribution < -0.4 is 0 Å². The zero-order chi connectivity index (χ0) is 15.9. The monoisotopic (exact) mass is 298 g/mol. The topological polar surface area (TPSA) is 37.3 Å². The van der Waals surface area contributed by atoms with Crippen molar-refractivity contribution < 1.29 is 9.90 Å². The van der Waals surface area contributed by atoms with Crippen LogP contribution in [0.1, 0.15) is 64.0 Å². The van der Waals surface area contributed by atoms with Gasteiger partial charge in [0.2, 0.25) is 0 Å². The third-order valence-electron chi connectivity index (χ3n) is 5.67. The molecule has 0 aliphatic heterocycles. The second kappa shape index (κ2) is 5.57. The summed E-state index contributed by atoms with van der Waals surface area (Å²) in [6.07, 6.45) is 6.41. The van der Waals surface area contributed by atoms with E-state index in [9.17, 15) is 9.90 Å². The van der Waals surface area contributed by atoms with Gasteiger partial charge in [-0.25, -0.2) is 0 Å². The Labute approximate surface area is 133 Å². The summed E-state index contributed by atoms with van der Waals surface area (Å²) in [5.74, 6) is 0.841. The number of Topliss-reactive ketones (excluding diaryl/α,β-unsaturated/α-hetero) is 1. The lowest BCUT2D eigenvalue weighted by molar-refractivity contribution is -0.120. The number of carbonyl (C=O) groups is 1. The third kappa shape index (κ3) is 2.20. The number of carbonyl (C=O) groups excluding carboxylic acids is 1. The van der Waals surface area contributed by atoms with Gasteiger partial charge in [0, 0.05) is 11.3 Å². The first-order valence-electron chi connectivity index (χ1n) is 8.60. The molecule has 0 bridgehead atoms. The summed E-state index contributed by atoms with van der Waals surface area (Å²) in [6, 6.07) is 5.66. The van der Waals surface area contributed by atoms with Crippen molar-refractivity contribution in [3.8, 4) is 5.75 Å². The van der Waals surface area contributed by atoms with Crippen molar-refractivity contribution in [2.45, 2.75) is 59.3 Å². The number of unbranched alkanes of at least 4 members (excludes halogenated alkanes) is 1. The largest absolute Gasteiger partial charge is 0.508 e. The van der Waals surface area contributed by atoms with Crippen LogP contribution in [0.4, 0.5) is 0 Å². The van der Waals surface area contributed by atoms with Gasteiger partial charge in [-0.2, -0.15) is 0 Å². The van der Waals surface area contributed by atoms with Gasteiger partial charge in [0.05, 0.1) is 0 Å². The maximum absolute atomic E-state index is 12.7. The van der Waals surface area contributed by atoms with Crippen molar-refractivity contribution >= 4 is 11.4 Å². The van der Waals surface area contributed by atoms with Gasteiger partial charge in [-0.05, 0) is 67.0 Å². The molecule has 0 saturated carbocycles. The Bertz CT molecular complexity index is 641. The molecule has 0 fully saturated rings. The van der Waals surface area contributed by atoms with Crippen LogP contribution in [0.25, 0.3) is 5.57 Å². The fourth-order valence-corrected chi connectivity index (χ4v) is 4.64. The van der Waals surface area contributed by atoms with E-state index in [1.807, 2.05) is 19.1 Å². The fourth-order valence-electron chi connectivity index (χ4n) is 4.64. The minimum atomic E-state index is 0.116. The standard InChI is InChI=1S/C20H26O2/c1-4-6-9-20-11-14(5-2)19(22)13(3)18(20)17-8-7-16(21)10-15(17)12-20/h7-8,10,14,21H,4-6,9,11-12H2,1-3H3. The quantitative estimate of drug-likeness (QED) is 0.858. The lowest BCUT2D eigenvalue weighted by Crippen LogP contribution is -2.34. The van der Waals surface area contributed by atoms with E-state index in [1.54, 1.807) is 6.07 Å². The van der Waals surface area contributed by atoms with E-state index in [0.717, 1.165) is 31.3 Å². The van der Waals surface area contributed by atoms with E-state index in [4.69, 9.17) is 0 Å². The highest BCUT2D eigenvalue weighted by atomic mass is 16.3. The number of ketones is 1. The van der Waals surface area contributed by atoms with E-state index in [0.29, 0.717) is 11.5 Å². The van der Waals surface area contributed by atoms with E-state index in [1.165, 1.54) is 29.5 Å². The average molecular weight is 298 g/mol. The zero-order valence-corrected chi connectivity index (χ0v) is 13.9. The lowest BCUT2D eigenvalue weighted by Gasteiger charge is -2.39. The third-order valence-corrected chi connectivity index (χ3v) is 5.67. The van der Waals surface area contributed by atoms with E-state index in [2.05, 4.69) is 13.8 Å². The molecule has 118 valence electrons. The molecule has 0 heterocycles. The molecule has 3 rings (SSSR count). The molecule has 2 aliphatic rings. The molecule has 0 amide bonds. The number of benzene rings is 1. The van der Waals surface area contributed by atoms with E-state index >= 15 is 0 Å². The molecule has 2 aliphatic carbocycles. The van der Waals surface area contributed by atoms with Crippen molar-refractivity contribution in [1.82, 2.24) is 0 Å². The van der Waals surface area contributed by atoms with E-state index < -0.39 is 0 Å². The van der Waals surface area contributed by atoms with Gasteiger partial charge in [0.1, 0.15) is 5.75 Å². The summed E-state index contributed by atoms with van der Waals surface area (Å²) in [4.78, 5) is 12.7. The molecule has 2 nitrogen and oxygen atoms in total. The van der Waals surface area contributed by atoms with Crippen molar-refractivity contribution in [3.05, 3.63) is 34.9 Å². The minimum absolute atomic E-state index is 0.116. The summed E-state index contributed by atoms with van der Waals surface area (Å²) < 4.78 is 0. The van der Waals surface area contributed by atoms with Gasteiger partial charge in [-0.3, -0.25) is 4.79 Å². The summed E-state index contributed by atoms with van der Waals surface area (Å²) in [5, 5.41) is 9.82. The predicted octanol–water partition coefficient (Wildman–Crippen LogP) is 4.90. The summed E-state index contributed by atoms with van der Waals surface area (Å²) >= 11 is 0. The molecule has 0 saturated heterocycles. The second-order valence-corrected chi connectivity index (χ2v) is 7.08. The highest BCUT2D eigenvalue weighted by molar-refractivity contribution is 6.07. The Morgan fingerprint density at radius 3 is 2.77 bits per heavy atom. The first-order chi connectivity index (χ1) is 10.5. The second-order valence-electron chi connectivity index (χ2n) is 7.08. The van der Waals surface area contributed by atoms with Crippen molar-refractivity contribution in [3.63, 3.8) is 0 Å². The normalized spacial score (nSPS) is 27.0. The fraction of sp³-hybridized carbons (Fsp3) is 0.550. The molecule has 1 aromatic carbocycles. The summed E-state index contributed by atoms with van der Waals surface area (Å²) in [5.41, 5.74) is 4.79. The Kier molecular flexibility index (Phi) is 3.88. The van der Waals surface area contributed by atoms with Crippen LogP contribution in [0.5, 0.6) is 5.75 Å². The van der Waals surface area contributed by atoms with Crippen LogP contribution in [-0.4, -0.2) is 10.9 Å². The number of phenols is 1. The number of allylic oxidation sites excluding steroid dienone is 2. The highest BCUT2D eigenvalue weighted by Crippen LogP contribution is 2.58. The van der Waals surface area contributed by atoms with Gasteiger partial charge >= 0.3 is 0 Å². The SMILES string of the molecule is CCCCC12Cc3cc(O)ccc3C1=C(C)C(=O)C(CC)C2. The highest BCUT2D eigenvalue weighted by Gasteiger charge is 2.48. The molecule has 2 unspecified atom stereocenters. The zero-order valence-electron chi connectivity index (χ0n) is 13.9. The number of aromatic hydroxyl groups is 1. The smallest absolute Gasteiger partial charge is 0.161 e. The molecule has 22 heavy (non-hydrogen) atoms. The molecule has 0 aromatic heterocycles. The van der Waals surface area contributed by atoms with Crippen molar-refractivity contribution in [2.24, 2.45) is 11.3 Å². The minimum Gasteiger partial charge on any atom is -0.508 e. The lowest BCUT2D eigenvalue weighted by atomic mass is 9.63. The van der Waals surface area contributed by atoms with Gasteiger partial charge in [0.25, 0.3) is 0 Å². The van der Waals surface area contributed by atoms with Gasteiger partial charge < -0.3 is 5.11 Å². The van der Waals surface area contributed by atoms with Crippen LogP contribution >= 0.6 is 0 Å². The Balaban J connectivity index is 2.15. The number of hydrogen-bond donors (Lipinski definition) is 1. The first-order valence-corrected chi connectivity index (χ1v) is 8.60. The molecule has 1 aromatic rings. The Hall–Kier alpha value is -1.57. The van der Waals surface area contributed by atoms with Crippen LogP contribution in [0, 0.1) is 11.3 Å². The maximum Gasteiger partial charge on any atom is 0.161 e. The Morgan fingerprint density at radius 1 is 1.32 bits per heavy atom. The molecule has 2 heteroatoms. The van der Waals surface area contributed by atoms with Gasteiger partial charge in [0.15, 0.2) is 5.78 Å². The van der Waals surface area contributed by atoms with Crippen LogP contribution in [-0.2, 0) is 11.2 Å². The van der Waals surface area contributed by atoms with Gasteiger partial charge in [-0.1, -0.05) is 32.8 Å². The molecule has 0 spiro atoms. The molecular formula is C20H26O2. The van der Waals surface area contributed by atoms with Crippen LogP contribution in [0.2, 0.25) is 0 Å². The number of rotatable bonds is 4. The average Bonchev–Trinajstić information content (AvgIpc) is 2.82. The molecule has 1 N–H and O–H groups in total. The molecule has 2 atom stereocenters. The maximum atomic E-state index is 12.7. The van der Waals surface area contributed by atoms with E-state index in [-0.39, 0.29) is 11.3 Å². The number of fused-ring (bicyclic) bond motifs is 3. The number of phenolic OH excluding ortho intramolecular Hbond substituents is 1. The molecular weight excluding hydrogens is 272 g/mol. The van der Waals surface area contributed by atoms with Crippen molar-refractivity contribution in [1.29, 1.82) is 0 Å². The summed E-state index contributed by atoms with van der Waals surface area (Å²) in [7, 11) is 0. The first kappa shape index (κ1) is 15.3. The summed E-state index contributed by atoms with van der Waals surface area (Å²) in [6.45, 7) is 6.37. The van der Waals surface area contributed by atoms with Crippen LogP contribution in [0.3, 0.4) is 0 Å². The van der Waals surface area contributed by atoms with Crippen molar-refractivity contribution in [2.75, 3.05) is 0 Å². The predicted molar refractivity (Wildman–Crippen MR) is 89.8 cm³/mol.